The normalized spacial score (nSPS) is 25.6. The van der Waals surface area contributed by atoms with Crippen molar-refractivity contribution in [3.8, 4) is 0 Å². The van der Waals surface area contributed by atoms with Gasteiger partial charge in [-0.15, -0.1) is 0 Å². The number of methoxy groups -OCH3 is 1. The summed E-state index contributed by atoms with van der Waals surface area (Å²) in [6, 6.07) is 0.578. The first-order valence-electron chi connectivity index (χ1n) is 6.68. The second-order valence-electron chi connectivity index (χ2n) is 5.17. The van der Waals surface area contributed by atoms with Gasteiger partial charge in [0.2, 0.25) is 0 Å². The van der Waals surface area contributed by atoms with Crippen LogP contribution in [0.15, 0.2) is 0 Å². The molecule has 1 unspecified atom stereocenters. The summed E-state index contributed by atoms with van der Waals surface area (Å²) in [5, 5.41) is 0. The molecule has 0 aromatic rings. The van der Waals surface area contributed by atoms with Crippen LogP contribution in [0, 0.1) is 5.92 Å². The second-order valence-corrected chi connectivity index (χ2v) is 5.17. The van der Waals surface area contributed by atoms with Crippen molar-refractivity contribution in [2.24, 2.45) is 5.92 Å². The Balaban J connectivity index is 1.87. The van der Waals surface area contributed by atoms with Gasteiger partial charge in [-0.3, -0.25) is 9.69 Å². The highest BCUT2D eigenvalue weighted by Crippen LogP contribution is 2.25. The first kappa shape index (κ1) is 12.8. The minimum absolute atomic E-state index is 0.115. The average Bonchev–Trinajstić information content (AvgIpc) is 3.00. The quantitative estimate of drug-likeness (QED) is 0.683. The molecule has 1 atom stereocenters. The Morgan fingerprint density at radius 1 is 1.35 bits per heavy atom. The number of esters is 1. The molecule has 0 N–H and O–H groups in total. The molecule has 1 aliphatic carbocycles. The third kappa shape index (κ3) is 3.68. The summed E-state index contributed by atoms with van der Waals surface area (Å²) in [4.78, 5) is 13.8. The van der Waals surface area contributed by atoms with E-state index in [2.05, 4.69) is 4.90 Å². The summed E-state index contributed by atoms with van der Waals surface area (Å²) in [5.41, 5.74) is 0. The third-order valence-corrected chi connectivity index (χ3v) is 3.92. The zero-order valence-electron chi connectivity index (χ0n) is 10.7. The number of nitrogens with zero attached hydrogens (tertiary/aromatic N) is 1. The molecule has 0 aromatic heterocycles. The highest BCUT2D eigenvalue weighted by molar-refractivity contribution is 5.71. The molecule has 2 rings (SSSR count). The minimum Gasteiger partial charge on any atom is -0.468 e. The first-order chi connectivity index (χ1) is 8.29. The molecule has 98 valence electrons. The van der Waals surface area contributed by atoms with Crippen LogP contribution >= 0.6 is 0 Å². The van der Waals surface area contributed by atoms with Gasteiger partial charge >= 0.3 is 5.97 Å². The molecule has 1 heterocycles. The molecular weight excluding hydrogens is 218 g/mol. The molecule has 2 fully saturated rings. The van der Waals surface area contributed by atoms with Crippen molar-refractivity contribution in [3.05, 3.63) is 0 Å². The topological polar surface area (TPSA) is 38.8 Å². The van der Waals surface area contributed by atoms with E-state index < -0.39 is 0 Å². The lowest BCUT2D eigenvalue weighted by molar-refractivity contribution is -0.142. The summed E-state index contributed by atoms with van der Waals surface area (Å²) in [6.07, 6.45) is 6.17. The standard InChI is InChI=1S/C13H23NO3/c1-16-13(15)9-14(12-4-2-3-5-12)8-11-6-7-17-10-11/h11-12H,2-10H2,1H3. The Morgan fingerprint density at radius 3 is 2.71 bits per heavy atom. The lowest BCUT2D eigenvalue weighted by Crippen LogP contribution is -2.41. The van der Waals surface area contributed by atoms with Gasteiger partial charge in [0.15, 0.2) is 0 Å². The van der Waals surface area contributed by atoms with Crippen molar-refractivity contribution < 1.29 is 14.3 Å². The van der Waals surface area contributed by atoms with E-state index in [0.717, 1.165) is 26.2 Å². The number of ether oxygens (including phenoxy) is 2. The Hall–Kier alpha value is -0.610. The van der Waals surface area contributed by atoms with Gasteiger partial charge in [0.05, 0.1) is 20.3 Å². The molecular formula is C13H23NO3. The zero-order valence-corrected chi connectivity index (χ0v) is 10.7. The van der Waals surface area contributed by atoms with E-state index in [4.69, 9.17) is 9.47 Å². The molecule has 1 aliphatic heterocycles. The molecule has 4 heteroatoms. The summed E-state index contributed by atoms with van der Waals surface area (Å²) in [7, 11) is 1.47. The van der Waals surface area contributed by atoms with Crippen LogP contribution in [0.1, 0.15) is 32.1 Å². The van der Waals surface area contributed by atoms with Gasteiger partial charge in [-0.05, 0) is 25.2 Å². The predicted molar refractivity (Wildman–Crippen MR) is 64.8 cm³/mol. The lowest BCUT2D eigenvalue weighted by Gasteiger charge is -2.29. The molecule has 17 heavy (non-hydrogen) atoms. The third-order valence-electron chi connectivity index (χ3n) is 3.92. The van der Waals surface area contributed by atoms with E-state index >= 15 is 0 Å². The van der Waals surface area contributed by atoms with Gasteiger partial charge in [-0.25, -0.2) is 0 Å². The number of carbonyl (C=O) groups excluding carboxylic acids is 1. The van der Waals surface area contributed by atoms with Crippen LogP contribution < -0.4 is 0 Å². The van der Waals surface area contributed by atoms with Crippen molar-refractivity contribution >= 4 is 5.97 Å². The fraction of sp³-hybridized carbons (Fsp3) is 0.923. The molecule has 0 bridgehead atoms. The van der Waals surface area contributed by atoms with Crippen molar-refractivity contribution in [1.82, 2.24) is 4.90 Å². The molecule has 0 radical (unpaired) electrons. The summed E-state index contributed by atoms with van der Waals surface area (Å²) in [6.45, 7) is 3.16. The molecule has 0 spiro atoms. The number of hydrogen-bond donors (Lipinski definition) is 0. The van der Waals surface area contributed by atoms with Crippen LogP contribution in [-0.4, -0.2) is 50.3 Å². The fourth-order valence-electron chi connectivity index (χ4n) is 2.90. The zero-order chi connectivity index (χ0) is 12.1. The van der Waals surface area contributed by atoms with E-state index in [0.29, 0.717) is 18.5 Å². The van der Waals surface area contributed by atoms with Crippen molar-refractivity contribution in [2.75, 3.05) is 33.4 Å². The van der Waals surface area contributed by atoms with Gasteiger partial charge < -0.3 is 9.47 Å². The van der Waals surface area contributed by atoms with Crippen molar-refractivity contribution in [1.29, 1.82) is 0 Å². The maximum atomic E-state index is 11.5. The highest BCUT2D eigenvalue weighted by Gasteiger charge is 2.28. The molecule has 2 aliphatic rings. The number of rotatable bonds is 5. The van der Waals surface area contributed by atoms with Crippen LogP contribution in [0.2, 0.25) is 0 Å². The van der Waals surface area contributed by atoms with Crippen molar-refractivity contribution in [2.45, 2.75) is 38.1 Å². The predicted octanol–water partition coefficient (Wildman–Crippen LogP) is 1.44. The Labute approximate surface area is 103 Å². The summed E-state index contributed by atoms with van der Waals surface area (Å²) < 4.78 is 10.2. The number of hydrogen-bond acceptors (Lipinski definition) is 4. The molecule has 0 aromatic carbocycles. The van der Waals surface area contributed by atoms with E-state index in [-0.39, 0.29) is 5.97 Å². The minimum atomic E-state index is -0.115. The van der Waals surface area contributed by atoms with E-state index in [1.54, 1.807) is 0 Å². The van der Waals surface area contributed by atoms with Gasteiger partial charge in [-0.1, -0.05) is 12.8 Å². The molecule has 0 amide bonds. The first-order valence-corrected chi connectivity index (χ1v) is 6.68. The van der Waals surface area contributed by atoms with Crippen LogP contribution in [0.25, 0.3) is 0 Å². The smallest absolute Gasteiger partial charge is 0.319 e. The van der Waals surface area contributed by atoms with E-state index in [9.17, 15) is 4.79 Å². The Kier molecular flexibility index (Phi) is 4.80. The average molecular weight is 241 g/mol. The molecule has 1 saturated carbocycles. The maximum absolute atomic E-state index is 11.5. The monoisotopic (exact) mass is 241 g/mol. The second kappa shape index (κ2) is 6.36. The SMILES string of the molecule is COC(=O)CN(CC1CCOC1)C1CCCC1. The van der Waals surface area contributed by atoms with Gasteiger partial charge in [0.1, 0.15) is 0 Å². The Bertz CT molecular complexity index is 245. The highest BCUT2D eigenvalue weighted by atomic mass is 16.5. The van der Waals surface area contributed by atoms with Gasteiger partial charge in [0, 0.05) is 19.2 Å². The van der Waals surface area contributed by atoms with Gasteiger partial charge in [0.25, 0.3) is 0 Å². The maximum Gasteiger partial charge on any atom is 0.319 e. The summed E-state index contributed by atoms with van der Waals surface area (Å²) >= 11 is 0. The molecule has 4 nitrogen and oxygen atoms in total. The van der Waals surface area contributed by atoms with Crippen LogP contribution in [-0.2, 0) is 14.3 Å². The number of carbonyl (C=O) groups is 1. The van der Waals surface area contributed by atoms with E-state index in [1.165, 1.54) is 32.8 Å². The Morgan fingerprint density at radius 2 is 2.12 bits per heavy atom. The van der Waals surface area contributed by atoms with E-state index in [1.807, 2.05) is 0 Å². The summed E-state index contributed by atoms with van der Waals surface area (Å²) in [5.74, 6) is 0.482. The van der Waals surface area contributed by atoms with Crippen molar-refractivity contribution in [3.63, 3.8) is 0 Å². The van der Waals surface area contributed by atoms with Crippen LogP contribution in [0.3, 0.4) is 0 Å². The van der Waals surface area contributed by atoms with Crippen LogP contribution in [0.5, 0.6) is 0 Å². The lowest BCUT2D eigenvalue weighted by atomic mass is 10.1. The fourth-order valence-corrected chi connectivity index (χ4v) is 2.90. The van der Waals surface area contributed by atoms with Gasteiger partial charge in [-0.2, -0.15) is 0 Å². The largest absolute Gasteiger partial charge is 0.468 e. The van der Waals surface area contributed by atoms with Crippen LogP contribution in [0.4, 0.5) is 0 Å². The molecule has 1 saturated heterocycles.